The summed E-state index contributed by atoms with van der Waals surface area (Å²) in [4.78, 5) is 34.8. The Kier molecular flexibility index (Phi) is 4.94. The molecule has 2 amide bonds. The molecule has 0 radical (unpaired) electrons. The van der Waals surface area contributed by atoms with Crippen molar-refractivity contribution in [3.63, 3.8) is 0 Å². The number of nitro benzene ring substituents is 1. The van der Waals surface area contributed by atoms with E-state index in [0.29, 0.717) is 11.3 Å². The molecule has 0 aromatic heterocycles. The molecule has 0 spiro atoms. The van der Waals surface area contributed by atoms with Gasteiger partial charge in [-0.15, -0.1) is 0 Å². The first-order valence-electron chi connectivity index (χ1n) is 7.49. The molecule has 0 unspecified atom stereocenters. The number of allylic oxidation sites excluding steroid dienone is 2. The Labute approximate surface area is 156 Å². The lowest BCUT2D eigenvalue weighted by molar-refractivity contribution is -0.384. The predicted molar refractivity (Wildman–Crippen MR) is 100.0 cm³/mol. The average molecular weight is 414 g/mol. The fraction of sp³-hybridized carbons (Fsp3) is 0. The second-order valence-electron chi connectivity index (χ2n) is 5.35. The molecule has 0 saturated carbocycles. The molecule has 1 aliphatic rings. The maximum atomic E-state index is 12.4. The largest absolute Gasteiger partial charge is 0.282 e. The molecule has 26 heavy (non-hydrogen) atoms. The van der Waals surface area contributed by atoms with Crippen LogP contribution in [0.15, 0.2) is 70.7 Å². The molecule has 7 nitrogen and oxygen atoms in total. The predicted octanol–water partition coefficient (Wildman–Crippen LogP) is 3.37. The second kappa shape index (κ2) is 7.32. The number of hydrazine groups is 1. The van der Waals surface area contributed by atoms with E-state index in [0.717, 1.165) is 4.47 Å². The highest BCUT2D eigenvalue weighted by atomic mass is 79.9. The molecular formula is C18H12BrN3O4. The van der Waals surface area contributed by atoms with Crippen molar-refractivity contribution < 1.29 is 14.5 Å². The van der Waals surface area contributed by atoms with Gasteiger partial charge >= 0.3 is 0 Å². The first-order chi connectivity index (χ1) is 12.5. The molecule has 1 N–H and O–H groups in total. The number of nitro groups is 1. The summed E-state index contributed by atoms with van der Waals surface area (Å²) in [5, 5.41) is 11.9. The highest BCUT2D eigenvalue weighted by Gasteiger charge is 2.33. The Hall–Kier alpha value is -3.26. The molecule has 0 bridgehead atoms. The number of halogens is 1. The van der Waals surface area contributed by atoms with Gasteiger partial charge in [0.05, 0.1) is 10.6 Å². The molecule has 1 aliphatic heterocycles. The molecule has 0 aliphatic carbocycles. The van der Waals surface area contributed by atoms with Crippen molar-refractivity contribution in [3.05, 3.63) is 86.4 Å². The number of non-ortho nitro benzene ring substituents is 1. The molecule has 3 rings (SSSR count). The summed E-state index contributed by atoms with van der Waals surface area (Å²) < 4.78 is 0.856. The third kappa shape index (κ3) is 3.70. The van der Waals surface area contributed by atoms with Gasteiger partial charge in [-0.3, -0.25) is 25.1 Å². The van der Waals surface area contributed by atoms with Gasteiger partial charge in [-0.05, 0) is 35.9 Å². The third-order valence-corrected chi connectivity index (χ3v) is 4.14. The van der Waals surface area contributed by atoms with E-state index < -0.39 is 16.7 Å². The lowest BCUT2D eigenvalue weighted by Gasteiger charge is -2.14. The fourth-order valence-electron chi connectivity index (χ4n) is 2.35. The van der Waals surface area contributed by atoms with Gasteiger partial charge in [0.2, 0.25) is 0 Å². The van der Waals surface area contributed by atoms with Crippen LogP contribution in [0.25, 0.3) is 6.08 Å². The van der Waals surface area contributed by atoms with Crippen molar-refractivity contribution >= 4 is 45.2 Å². The first-order valence-corrected chi connectivity index (χ1v) is 8.29. The Balaban J connectivity index is 1.79. The Bertz CT molecular complexity index is 951. The van der Waals surface area contributed by atoms with Crippen LogP contribution in [0.5, 0.6) is 0 Å². The van der Waals surface area contributed by atoms with E-state index in [1.807, 2.05) is 0 Å². The van der Waals surface area contributed by atoms with Crippen molar-refractivity contribution in [2.45, 2.75) is 0 Å². The van der Waals surface area contributed by atoms with Gasteiger partial charge in [-0.2, -0.15) is 0 Å². The van der Waals surface area contributed by atoms with E-state index in [-0.39, 0.29) is 11.3 Å². The van der Waals surface area contributed by atoms with E-state index in [1.165, 1.54) is 29.3 Å². The molecule has 2 aromatic carbocycles. The number of carbonyl (C=O) groups excluding carboxylic acids is 2. The van der Waals surface area contributed by atoms with Gasteiger partial charge in [0, 0.05) is 16.6 Å². The summed E-state index contributed by atoms with van der Waals surface area (Å²) in [5.74, 6) is -0.984. The summed E-state index contributed by atoms with van der Waals surface area (Å²) in [6, 6.07) is 13.0. The average Bonchev–Trinajstić information content (AvgIpc) is 2.91. The number of nitrogens with one attached hydrogen (secondary N) is 1. The van der Waals surface area contributed by atoms with Crippen LogP contribution in [-0.4, -0.2) is 16.7 Å². The summed E-state index contributed by atoms with van der Waals surface area (Å²) in [5.41, 5.74) is 3.58. The smallest absolute Gasteiger partial charge is 0.267 e. The molecule has 0 atom stereocenters. The lowest BCUT2D eigenvalue weighted by Crippen LogP contribution is -2.35. The van der Waals surface area contributed by atoms with Crippen LogP contribution < -0.4 is 10.4 Å². The zero-order chi connectivity index (χ0) is 18.7. The van der Waals surface area contributed by atoms with Gasteiger partial charge in [-0.1, -0.05) is 40.2 Å². The Morgan fingerprint density at radius 3 is 2.54 bits per heavy atom. The summed E-state index contributed by atoms with van der Waals surface area (Å²) >= 11 is 3.31. The minimum Gasteiger partial charge on any atom is -0.267 e. The van der Waals surface area contributed by atoms with E-state index >= 15 is 0 Å². The number of rotatable bonds is 4. The number of nitrogens with zero attached hydrogens (tertiary/aromatic N) is 2. The number of benzene rings is 2. The summed E-state index contributed by atoms with van der Waals surface area (Å²) in [6.45, 7) is 0. The van der Waals surface area contributed by atoms with Crippen LogP contribution in [0.2, 0.25) is 0 Å². The fourth-order valence-corrected chi connectivity index (χ4v) is 2.61. The van der Waals surface area contributed by atoms with Gasteiger partial charge in [0.25, 0.3) is 17.5 Å². The van der Waals surface area contributed by atoms with Gasteiger partial charge in [-0.25, -0.2) is 5.01 Å². The van der Waals surface area contributed by atoms with E-state index in [4.69, 9.17) is 0 Å². The monoisotopic (exact) mass is 413 g/mol. The minimum atomic E-state index is -0.512. The summed E-state index contributed by atoms with van der Waals surface area (Å²) in [6.07, 6.45) is 4.48. The Morgan fingerprint density at radius 2 is 1.85 bits per heavy atom. The van der Waals surface area contributed by atoms with Crippen molar-refractivity contribution in [1.82, 2.24) is 5.43 Å². The van der Waals surface area contributed by atoms with Gasteiger partial charge in [0.1, 0.15) is 5.57 Å². The van der Waals surface area contributed by atoms with Crippen molar-refractivity contribution in [1.29, 1.82) is 0 Å². The number of amides is 2. The van der Waals surface area contributed by atoms with E-state index in [9.17, 15) is 19.7 Å². The highest BCUT2D eigenvalue weighted by molar-refractivity contribution is 9.10. The zero-order valence-corrected chi connectivity index (χ0v) is 14.8. The lowest BCUT2D eigenvalue weighted by atomic mass is 10.1. The molecule has 1 heterocycles. The maximum Gasteiger partial charge on any atom is 0.282 e. The number of hydrogen-bond acceptors (Lipinski definition) is 4. The van der Waals surface area contributed by atoms with Crippen LogP contribution >= 0.6 is 15.9 Å². The maximum absolute atomic E-state index is 12.4. The van der Waals surface area contributed by atoms with Crippen LogP contribution in [0.3, 0.4) is 0 Å². The standard InChI is InChI=1S/C18H12BrN3O4/c19-13-7-9-14(10-8-13)21-18(24)16(17(23)20-21)6-2-4-12-3-1-5-15(11-12)22(25)26/h1-11H,(H,20,23). The molecule has 1 fully saturated rings. The minimum absolute atomic E-state index is 0.0189. The zero-order valence-electron chi connectivity index (χ0n) is 13.3. The Morgan fingerprint density at radius 1 is 1.12 bits per heavy atom. The van der Waals surface area contributed by atoms with Crippen molar-refractivity contribution in [2.75, 3.05) is 5.01 Å². The van der Waals surface area contributed by atoms with Gasteiger partial charge in [0.15, 0.2) is 0 Å². The first kappa shape index (κ1) is 17.6. The van der Waals surface area contributed by atoms with Crippen LogP contribution in [0.4, 0.5) is 11.4 Å². The molecular weight excluding hydrogens is 402 g/mol. The van der Waals surface area contributed by atoms with E-state index in [2.05, 4.69) is 21.4 Å². The van der Waals surface area contributed by atoms with Crippen molar-refractivity contribution in [3.8, 4) is 0 Å². The third-order valence-electron chi connectivity index (χ3n) is 3.61. The number of anilines is 1. The van der Waals surface area contributed by atoms with Crippen LogP contribution in [0, 0.1) is 10.1 Å². The topological polar surface area (TPSA) is 92.6 Å². The number of hydrogen-bond donors (Lipinski definition) is 1. The van der Waals surface area contributed by atoms with Crippen LogP contribution in [-0.2, 0) is 9.59 Å². The molecule has 8 heteroatoms. The van der Waals surface area contributed by atoms with Crippen LogP contribution in [0.1, 0.15) is 5.56 Å². The van der Waals surface area contributed by atoms with Gasteiger partial charge < -0.3 is 0 Å². The quantitative estimate of drug-likeness (QED) is 0.359. The number of carbonyl (C=O) groups is 2. The van der Waals surface area contributed by atoms with Crippen molar-refractivity contribution in [2.24, 2.45) is 0 Å². The molecule has 2 aromatic rings. The molecule has 1 saturated heterocycles. The normalized spacial score (nSPS) is 15.7. The summed E-state index contributed by atoms with van der Waals surface area (Å²) in [7, 11) is 0. The molecule has 130 valence electrons. The van der Waals surface area contributed by atoms with E-state index in [1.54, 1.807) is 42.5 Å². The SMILES string of the molecule is O=C1NN(c2ccc(Br)cc2)C(=O)C1=CC=Cc1cccc([N+](=O)[O-])c1. The highest BCUT2D eigenvalue weighted by Crippen LogP contribution is 2.22. The second-order valence-corrected chi connectivity index (χ2v) is 6.27.